The van der Waals surface area contributed by atoms with Gasteiger partial charge in [0.05, 0.1) is 24.5 Å². The standard InChI is InChI=1S/C29H37N3O4/c1-5-21-18-25(23-10-12-30-13-11-23)19-22(6-2)28(21)31-26-9-7-8-24(27(26)29(33)34)20-32(14-16-35-3)15-17-36-4/h7-13,18-19,31H,5-6,14-17,20H2,1-4H3,(H,33,34). The number of aromatic carboxylic acids is 1. The van der Waals surface area contributed by atoms with Crippen molar-refractivity contribution in [2.45, 2.75) is 33.2 Å². The van der Waals surface area contributed by atoms with E-state index >= 15 is 0 Å². The average molecular weight is 492 g/mol. The highest BCUT2D eigenvalue weighted by Crippen LogP contribution is 2.34. The topological polar surface area (TPSA) is 83.9 Å². The van der Waals surface area contributed by atoms with Crippen molar-refractivity contribution in [1.82, 2.24) is 9.88 Å². The number of hydrogen-bond donors (Lipinski definition) is 2. The highest BCUT2D eigenvalue weighted by Gasteiger charge is 2.20. The van der Waals surface area contributed by atoms with E-state index in [1.807, 2.05) is 30.3 Å². The van der Waals surface area contributed by atoms with Gasteiger partial charge in [-0.15, -0.1) is 0 Å². The molecule has 0 radical (unpaired) electrons. The Hall–Kier alpha value is -3.26. The third-order valence-electron chi connectivity index (χ3n) is 6.32. The van der Waals surface area contributed by atoms with E-state index in [0.717, 1.165) is 46.3 Å². The van der Waals surface area contributed by atoms with Crippen molar-refractivity contribution in [3.05, 3.63) is 77.1 Å². The summed E-state index contributed by atoms with van der Waals surface area (Å²) in [5.74, 6) is -0.948. The van der Waals surface area contributed by atoms with Crippen LogP contribution in [0, 0.1) is 0 Å². The number of ether oxygens (including phenoxy) is 2. The molecule has 0 saturated carbocycles. The van der Waals surface area contributed by atoms with Gasteiger partial charge in [0.15, 0.2) is 0 Å². The van der Waals surface area contributed by atoms with Gasteiger partial charge < -0.3 is 19.9 Å². The van der Waals surface area contributed by atoms with Gasteiger partial charge in [0.25, 0.3) is 0 Å². The van der Waals surface area contributed by atoms with Gasteiger partial charge >= 0.3 is 5.97 Å². The molecule has 192 valence electrons. The SMILES string of the molecule is CCc1cc(-c2ccncc2)cc(CC)c1Nc1cccc(CN(CCOC)CCOC)c1C(=O)O. The third kappa shape index (κ3) is 6.91. The van der Waals surface area contributed by atoms with E-state index in [4.69, 9.17) is 9.47 Å². The van der Waals surface area contributed by atoms with Gasteiger partial charge in [-0.05, 0) is 71.0 Å². The van der Waals surface area contributed by atoms with Gasteiger partial charge in [-0.3, -0.25) is 9.88 Å². The zero-order valence-corrected chi connectivity index (χ0v) is 21.7. The number of benzene rings is 2. The van der Waals surface area contributed by atoms with Crippen LogP contribution in [0.2, 0.25) is 0 Å². The predicted octanol–water partition coefficient (Wildman–Crippen LogP) is 5.41. The largest absolute Gasteiger partial charge is 0.478 e. The molecule has 0 aliphatic heterocycles. The average Bonchev–Trinajstić information content (AvgIpc) is 2.90. The summed E-state index contributed by atoms with van der Waals surface area (Å²) in [6.07, 6.45) is 5.23. The van der Waals surface area contributed by atoms with Crippen LogP contribution in [-0.2, 0) is 28.9 Å². The first-order chi connectivity index (χ1) is 17.5. The van der Waals surface area contributed by atoms with Crippen LogP contribution < -0.4 is 5.32 Å². The van der Waals surface area contributed by atoms with Gasteiger partial charge in [0, 0.05) is 51.9 Å². The molecule has 0 atom stereocenters. The summed E-state index contributed by atoms with van der Waals surface area (Å²) < 4.78 is 10.5. The molecule has 0 aliphatic carbocycles. The van der Waals surface area contributed by atoms with Crippen LogP contribution in [0.4, 0.5) is 11.4 Å². The van der Waals surface area contributed by atoms with Crippen LogP contribution in [-0.4, -0.2) is 61.5 Å². The van der Waals surface area contributed by atoms with Crippen molar-refractivity contribution in [1.29, 1.82) is 0 Å². The maximum atomic E-state index is 12.5. The molecule has 0 amide bonds. The molecule has 2 N–H and O–H groups in total. The number of carbonyl (C=O) groups is 1. The molecule has 1 heterocycles. The van der Waals surface area contributed by atoms with Crippen LogP contribution in [0.1, 0.15) is 40.9 Å². The summed E-state index contributed by atoms with van der Waals surface area (Å²) in [6, 6.07) is 14.0. The fourth-order valence-corrected chi connectivity index (χ4v) is 4.37. The Morgan fingerprint density at radius 1 is 0.917 bits per heavy atom. The van der Waals surface area contributed by atoms with E-state index in [9.17, 15) is 9.90 Å². The second kappa shape index (κ2) is 13.7. The summed E-state index contributed by atoms with van der Waals surface area (Å²) in [6.45, 7) is 7.23. The number of hydrogen-bond acceptors (Lipinski definition) is 6. The predicted molar refractivity (Wildman–Crippen MR) is 144 cm³/mol. The monoisotopic (exact) mass is 491 g/mol. The number of carboxylic acid groups (broad SMARTS) is 1. The van der Waals surface area contributed by atoms with Crippen LogP contribution >= 0.6 is 0 Å². The van der Waals surface area contributed by atoms with Crippen molar-refractivity contribution in [3.63, 3.8) is 0 Å². The lowest BCUT2D eigenvalue weighted by atomic mass is 9.95. The first kappa shape index (κ1) is 27.3. The normalized spacial score (nSPS) is 11.1. The first-order valence-corrected chi connectivity index (χ1v) is 12.4. The summed E-state index contributed by atoms with van der Waals surface area (Å²) in [5.41, 5.74) is 7.16. The van der Waals surface area contributed by atoms with Crippen LogP contribution in [0.25, 0.3) is 11.1 Å². The number of carboxylic acids is 1. The number of pyridine rings is 1. The van der Waals surface area contributed by atoms with E-state index in [1.54, 1.807) is 26.6 Å². The minimum atomic E-state index is -0.948. The number of nitrogens with one attached hydrogen (secondary N) is 1. The van der Waals surface area contributed by atoms with Gasteiger partial charge in [-0.2, -0.15) is 0 Å². The first-order valence-electron chi connectivity index (χ1n) is 12.4. The maximum Gasteiger partial charge on any atom is 0.338 e. The van der Waals surface area contributed by atoms with Gasteiger partial charge in [-0.1, -0.05) is 26.0 Å². The molecule has 36 heavy (non-hydrogen) atoms. The van der Waals surface area contributed by atoms with Crippen molar-refractivity contribution in [2.24, 2.45) is 0 Å². The molecule has 7 heteroatoms. The minimum Gasteiger partial charge on any atom is -0.478 e. The number of methoxy groups -OCH3 is 2. The number of aryl methyl sites for hydroxylation is 2. The van der Waals surface area contributed by atoms with Crippen molar-refractivity contribution < 1.29 is 19.4 Å². The van der Waals surface area contributed by atoms with E-state index in [2.05, 4.69) is 41.2 Å². The molecular formula is C29H37N3O4. The molecule has 0 aliphatic rings. The second-order valence-electron chi connectivity index (χ2n) is 8.64. The van der Waals surface area contributed by atoms with Crippen LogP contribution in [0.15, 0.2) is 54.9 Å². The lowest BCUT2D eigenvalue weighted by Crippen LogP contribution is -2.31. The Morgan fingerprint density at radius 3 is 2.06 bits per heavy atom. The Morgan fingerprint density at radius 2 is 1.53 bits per heavy atom. The van der Waals surface area contributed by atoms with Crippen molar-refractivity contribution in [3.8, 4) is 11.1 Å². The molecule has 0 spiro atoms. The lowest BCUT2D eigenvalue weighted by Gasteiger charge is -2.24. The zero-order chi connectivity index (χ0) is 25.9. The Labute approximate surface area is 214 Å². The van der Waals surface area contributed by atoms with Crippen LogP contribution in [0.3, 0.4) is 0 Å². The number of rotatable bonds is 14. The van der Waals surface area contributed by atoms with E-state index < -0.39 is 5.97 Å². The highest BCUT2D eigenvalue weighted by atomic mass is 16.5. The minimum absolute atomic E-state index is 0.291. The lowest BCUT2D eigenvalue weighted by molar-refractivity contribution is 0.0694. The molecule has 0 bridgehead atoms. The third-order valence-corrected chi connectivity index (χ3v) is 6.32. The van der Waals surface area contributed by atoms with E-state index in [1.165, 1.54) is 0 Å². The molecule has 1 aromatic heterocycles. The molecule has 7 nitrogen and oxygen atoms in total. The smallest absolute Gasteiger partial charge is 0.338 e. The molecule has 3 rings (SSSR count). The van der Waals surface area contributed by atoms with Gasteiger partial charge in [0.2, 0.25) is 0 Å². The summed E-state index contributed by atoms with van der Waals surface area (Å²) in [4.78, 5) is 18.8. The van der Waals surface area contributed by atoms with E-state index in [-0.39, 0.29) is 0 Å². The highest BCUT2D eigenvalue weighted by molar-refractivity contribution is 5.97. The number of aromatic nitrogens is 1. The van der Waals surface area contributed by atoms with E-state index in [0.29, 0.717) is 44.1 Å². The Bertz CT molecular complexity index is 1100. The summed E-state index contributed by atoms with van der Waals surface area (Å²) >= 11 is 0. The summed E-state index contributed by atoms with van der Waals surface area (Å²) in [5, 5.41) is 13.7. The fraction of sp³-hybridized carbons (Fsp3) is 0.379. The Kier molecular flexibility index (Phi) is 10.4. The Balaban J connectivity index is 2.00. The summed E-state index contributed by atoms with van der Waals surface area (Å²) in [7, 11) is 3.33. The van der Waals surface area contributed by atoms with Gasteiger partial charge in [-0.25, -0.2) is 4.79 Å². The molecule has 2 aromatic carbocycles. The van der Waals surface area contributed by atoms with Crippen molar-refractivity contribution in [2.75, 3.05) is 45.8 Å². The molecule has 0 unspecified atom stereocenters. The molecule has 0 saturated heterocycles. The molecule has 0 fully saturated rings. The van der Waals surface area contributed by atoms with Gasteiger partial charge in [0.1, 0.15) is 0 Å². The number of nitrogens with zero attached hydrogens (tertiary/aromatic N) is 2. The fourth-order valence-electron chi connectivity index (χ4n) is 4.37. The maximum absolute atomic E-state index is 12.5. The molecular weight excluding hydrogens is 454 g/mol. The second-order valence-corrected chi connectivity index (χ2v) is 8.64. The number of anilines is 2. The quantitative estimate of drug-likeness (QED) is 0.312. The van der Waals surface area contributed by atoms with Crippen molar-refractivity contribution >= 4 is 17.3 Å². The van der Waals surface area contributed by atoms with Crippen LogP contribution in [0.5, 0.6) is 0 Å². The molecule has 3 aromatic rings. The zero-order valence-electron chi connectivity index (χ0n) is 21.7.